The molecule has 6 rings (SSSR count). The van der Waals surface area contributed by atoms with Crippen molar-refractivity contribution in [3.63, 3.8) is 0 Å². The Morgan fingerprint density at radius 2 is 1.64 bits per heavy atom. The lowest BCUT2D eigenvalue weighted by molar-refractivity contribution is -0.113. The number of hydrogen-bond acceptors (Lipinski definition) is 7. The molecule has 1 N–H and O–H groups in total. The summed E-state index contributed by atoms with van der Waals surface area (Å²) in [5.41, 5.74) is 3.91. The molecular formula is C37H32ClN3O5S. The third-order valence-corrected chi connectivity index (χ3v) is 8.85. The van der Waals surface area contributed by atoms with E-state index in [0.717, 1.165) is 16.9 Å². The van der Waals surface area contributed by atoms with Gasteiger partial charge in [0.1, 0.15) is 19.0 Å². The lowest BCUT2D eigenvalue weighted by Gasteiger charge is -2.25. The van der Waals surface area contributed by atoms with Crippen LogP contribution in [0.15, 0.2) is 118 Å². The summed E-state index contributed by atoms with van der Waals surface area (Å²) >= 11 is 7.91. The minimum Gasteiger partial charge on any atom is -0.493 e. The summed E-state index contributed by atoms with van der Waals surface area (Å²) in [7, 11) is 1.53. The maximum Gasteiger partial charge on any atom is 0.271 e. The molecule has 0 aliphatic carbocycles. The van der Waals surface area contributed by atoms with Crippen LogP contribution in [0.4, 0.5) is 5.69 Å². The fourth-order valence-electron chi connectivity index (χ4n) is 5.33. The van der Waals surface area contributed by atoms with Gasteiger partial charge in [-0.25, -0.2) is 4.99 Å². The Morgan fingerprint density at radius 3 is 2.34 bits per heavy atom. The first-order valence-electron chi connectivity index (χ1n) is 15.0. The van der Waals surface area contributed by atoms with Crippen LogP contribution in [-0.2, 0) is 4.79 Å². The van der Waals surface area contributed by atoms with Gasteiger partial charge in [-0.15, -0.1) is 0 Å². The van der Waals surface area contributed by atoms with Crippen molar-refractivity contribution in [2.45, 2.75) is 19.9 Å². The number of aromatic nitrogens is 1. The van der Waals surface area contributed by atoms with E-state index in [-0.39, 0.29) is 18.1 Å². The molecule has 1 aliphatic rings. The molecule has 5 aromatic rings. The average Bonchev–Trinajstić information content (AvgIpc) is 3.38. The Balaban J connectivity index is 1.31. The second kappa shape index (κ2) is 14.1. The van der Waals surface area contributed by atoms with E-state index in [0.29, 0.717) is 55.0 Å². The van der Waals surface area contributed by atoms with E-state index in [1.807, 2.05) is 91.9 Å². The van der Waals surface area contributed by atoms with Crippen LogP contribution in [0.1, 0.15) is 29.7 Å². The van der Waals surface area contributed by atoms with E-state index in [1.165, 1.54) is 18.4 Å². The van der Waals surface area contributed by atoms with E-state index in [1.54, 1.807) is 29.7 Å². The number of ether oxygens (including phenoxy) is 3. The molecule has 0 fully saturated rings. The molecule has 1 amide bonds. The third-order valence-electron chi connectivity index (χ3n) is 7.58. The number of thiazole rings is 1. The highest BCUT2D eigenvalue weighted by atomic mass is 35.5. The second-order valence-corrected chi connectivity index (χ2v) is 12.3. The monoisotopic (exact) mass is 665 g/mol. The molecule has 0 saturated heterocycles. The number of hydrogen-bond donors (Lipinski definition) is 1. The number of rotatable bonds is 10. The molecule has 10 heteroatoms. The fraction of sp³-hybridized carbons (Fsp3) is 0.162. The molecule has 0 spiro atoms. The number of nitrogens with one attached hydrogen (secondary N) is 1. The maximum absolute atomic E-state index is 14.1. The minimum absolute atomic E-state index is 0.251. The van der Waals surface area contributed by atoms with Gasteiger partial charge in [0, 0.05) is 5.69 Å². The highest BCUT2D eigenvalue weighted by Crippen LogP contribution is 2.37. The SMILES string of the molecule is COc1cc(/C=c2\sc3n(c2=O)[C@H](c2ccccc2)C(C(=O)Nc2ccccc2)=C(C)N=3)cc(Cl)c1OCCOc1ccc(C)cc1. The standard InChI is InChI=1S/C37H32ClN3O5S/c1-23-14-16-28(17-15-23)45-18-19-46-34-29(38)20-25(21-30(34)44-3)22-31-36(43)41-33(26-10-6-4-7-11-26)32(24(2)39-37(41)47-31)35(42)40-27-12-8-5-9-13-27/h4-17,20-22,33H,18-19H2,1-3H3,(H,40,42)/b31-22-/t33-/m1/s1. The zero-order chi connectivity index (χ0) is 32.9. The average molecular weight is 666 g/mol. The summed E-state index contributed by atoms with van der Waals surface area (Å²) in [6.45, 7) is 4.38. The molecule has 1 aliphatic heterocycles. The Labute approximate surface area is 280 Å². The number of benzene rings is 4. The van der Waals surface area contributed by atoms with Crippen LogP contribution in [0.5, 0.6) is 17.2 Å². The van der Waals surface area contributed by atoms with Crippen LogP contribution in [-0.4, -0.2) is 30.8 Å². The molecule has 4 aromatic carbocycles. The van der Waals surface area contributed by atoms with Crippen molar-refractivity contribution in [3.05, 3.63) is 150 Å². The Kier molecular flexibility index (Phi) is 9.56. The molecule has 2 heterocycles. The zero-order valence-electron chi connectivity index (χ0n) is 26.0. The normalized spacial score (nSPS) is 14.3. The van der Waals surface area contributed by atoms with Crippen molar-refractivity contribution in [2.75, 3.05) is 25.6 Å². The zero-order valence-corrected chi connectivity index (χ0v) is 27.6. The van der Waals surface area contributed by atoms with Crippen LogP contribution in [0, 0.1) is 6.92 Å². The molecular weight excluding hydrogens is 634 g/mol. The van der Waals surface area contributed by atoms with Gasteiger partial charge in [-0.3, -0.25) is 14.2 Å². The van der Waals surface area contributed by atoms with Gasteiger partial charge in [0.05, 0.1) is 34.0 Å². The molecule has 0 bridgehead atoms. The number of amides is 1. The van der Waals surface area contributed by atoms with Crippen molar-refractivity contribution < 1.29 is 19.0 Å². The van der Waals surface area contributed by atoms with Gasteiger partial charge in [-0.1, -0.05) is 89.2 Å². The topological polar surface area (TPSA) is 91.2 Å². The van der Waals surface area contributed by atoms with Gasteiger partial charge >= 0.3 is 0 Å². The predicted octanol–water partition coefficient (Wildman–Crippen LogP) is 6.30. The van der Waals surface area contributed by atoms with Gasteiger partial charge in [-0.2, -0.15) is 0 Å². The molecule has 0 saturated carbocycles. The number of anilines is 1. The first-order chi connectivity index (χ1) is 22.8. The number of halogens is 1. The lowest BCUT2D eigenvalue weighted by Crippen LogP contribution is -2.40. The van der Waals surface area contributed by atoms with E-state index in [2.05, 4.69) is 5.32 Å². The number of carbonyl (C=O) groups is 1. The number of allylic oxidation sites excluding steroid dienone is 1. The molecule has 238 valence electrons. The molecule has 0 unspecified atom stereocenters. The summed E-state index contributed by atoms with van der Waals surface area (Å²) in [5.74, 6) is 1.23. The molecule has 0 radical (unpaired) electrons. The van der Waals surface area contributed by atoms with E-state index in [4.69, 9.17) is 30.8 Å². The second-order valence-electron chi connectivity index (χ2n) is 10.9. The number of methoxy groups -OCH3 is 1. The van der Waals surface area contributed by atoms with Crippen molar-refractivity contribution >= 4 is 40.6 Å². The summed E-state index contributed by atoms with van der Waals surface area (Å²) in [6.07, 6.45) is 1.74. The van der Waals surface area contributed by atoms with Crippen LogP contribution in [0.25, 0.3) is 6.08 Å². The number of carbonyl (C=O) groups excluding carboxylic acids is 1. The van der Waals surface area contributed by atoms with Gasteiger partial charge < -0.3 is 19.5 Å². The Bertz CT molecular complexity index is 2130. The number of fused-ring (bicyclic) bond motifs is 1. The quantitative estimate of drug-likeness (QED) is 0.177. The van der Waals surface area contributed by atoms with E-state index in [9.17, 15) is 9.59 Å². The Hall–Kier alpha value is -5.12. The molecule has 1 atom stereocenters. The molecule has 1 aromatic heterocycles. The minimum atomic E-state index is -0.672. The van der Waals surface area contributed by atoms with Crippen LogP contribution >= 0.6 is 22.9 Å². The number of nitrogens with zero attached hydrogens (tertiary/aromatic N) is 2. The van der Waals surface area contributed by atoms with E-state index < -0.39 is 6.04 Å². The van der Waals surface area contributed by atoms with Crippen molar-refractivity contribution in [2.24, 2.45) is 4.99 Å². The predicted molar refractivity (Wildman–Crippen MR) is 185 cm³/mol. The summed E-state index contributed by atoms with van der Waals surface area (Å²) < 4.78 is 19.3. The van der Waals surface area contributed by atoms with Gasteiger partial charge in [0.2, 0.25) is 0 Å². The van der Waals surface area contributed by atoms with Crippen molar-refractivity contribution in [1.29, 1.82) is 0 Å². The summed E-state index contributed by atoms with van der Waals surface area (Å²) in [6, 6.07) is 29.3. The summed E-state index contributed by atoms with van der Waals surface area (Å²) in [4.78, 5) is 33.0. The summed E-state index contributed by atoms with van der Waals surface area (Å²) in [5, 5.41) is 3.30. The van der Waals surface area contributed by atoms with Gasteiger partial charge in [-0.05, 0) is 67.4 Å². The maximum atomic E-state index is 14.1. The Morgan fingerprint density at radius 1 is 0.957 bits per heavy atom. The third kappa shape index (κ3) is 7.01. The van der Waals surface area contributed by atoms with Crippen molar-refractivity contribution in [1.82, 2.24) is 4.57 Å². The van der Waals surface area contributed by atoms with E-state index >= 15 is 0 Å². The first kappa shape index (κ1) is 31.8. The van der Waals surface area contributed by atoms with Crippen LogP contribution in [0.2, 0.25) is 5.02 Å². The van der Waals surface area contributed by atoms with Gasteiger partial charge in [0.15, 0.2) is 16.3 Å². The largest absolute Gasteiger partial charge is 0.493 e. The van der Waals surface area contributed by atoms with Crippen LogP contribution < -0.4 is 34.4 Å². The van der Waals surface area contributed by atoms with Gasteiger partial charge in [0.25, 0.3) is 11.5 Å². The fourth-order valence-corrected chi connectivity index (χ4v) is 6.66. The highest BCUT2D eigenvalue weighted by molar-refractivity contribution is 7.07. The van der Waals surface area contributed by atoms with Crippen molar-refractivity contribution in [3.8, 4) is 17.2 Å². The first-order valence-corrected chi connectivity index (χ1v) is 16.2. The number of aryl methyl sites for hydroxylation is 1. The lowest BCUT2D eigenvalue weighted by atomic mass is 9.95. The van der Waals surface area contributed by atoms with Crippen LogP contribution in [0.3, 0.4) is 0 Å². The smallest absolute Gasteiger partial charge is 0.271 e. The molecule has 47 heavy (non-hydrogen) atoms. The highest BCUT2D eigenvalue weighted by Gasteiger charge is 2.32. The molecule has 8 nitrogen and oxygen atoms in total. The number of para-hydroxylation sites is 1.